The SMILES string of the molecule is C=C(C)[C@@H]1CCC(C(=O)O)=C[C@H]1c1c(O)cc(CCCCC)cc1O. The highest BCUT2D eigenvalue weighted by Gasteiger charge is 2.32. The van der Waals surface area contributed by atoms with Gasteiger partial charge in [0.1, 0.15) is 11.5 Å². The van der Waals surface area contributed by atoms with E-state index >= 15 is 0 Å². The van der Waals surface area contributed by atoms with Gasteiger partial charge in [0.15, 0.2) is 0 Å². The molecule has 0 saturated carbocycles. The van der Waals surface area contributed by atoms with Gasteiger partial charge in [0, 0.05) is 17.1 Å². The molecule has 25 heavy (non-hydrogen) atoms. The maximum absolute atomic E-state index is 11.4. The van der Waals surface area contributed by atoms with Gasteiger partial charge in [0.05, 0.1) is 0 Å². The Morgan fingerprint density at radius 1 is 1.24 bits per heavy atom. The summed E-state index contributed by atoms with van der Waals surface area (Å²) >= 11 is 0. The maximum atomic E-state index is 11.4. The highest BCUT2D eigenvalue weighted by atomic mass is 16.4. The lowest BCUT2D eigenvalue weighted by atomic mass is 9.73. The molecule has 2 rings (SSSR count). The van der Waals surface area contributed by atoms with E-state index in [1.54, 1.807) is 18.2 Å². The summed E-state index contributed by atoms with van der Waals surface area (Å²) < 4.78 is 0. The lowest BCUT2D eigenvalue weighted by Gasteiger charge is -2.31. The van der Waals surface area contributed by atoms with E-state index in [1.165, 1.54) is 0 Å². The van der Waals surface area contributed by atoms with Gasteiger partial charge in [-0.3, -0.25) is 0 Å². The monoisotopic (exact) mass is 344 g/mol. The first-order valence-electron chi connectivity index (χ1n) is 8.99. The average Bonchev–Trinajstić information content (AvgIpc) is 2.54. The summed E-state index contributed by atoms with van der Waals surface area (Å²) in [6, 6.07) is 3.40. The summed E-state index contributed by atoms with van der Waals surface area (Å²) in [6.45, 7) is 8.05. The Labute approximate surface area is 149 Å². The van der Waals surface area contributed by atoms with Gasteiger partial charge in [-0.1, -0.05) is 38.0 Å². The van der Waals surface area contributed by atoms with Crippen molar-refractivity contribution in [3.63, 3.8) is 0 Å². The third-order valence-electron chi connectivity index (χ3n) is 5.05. The van der Waals surface area contributed by atoms with E-state index in [4.69, 9.17) is 0 Å². The van der Waals surface area contributed by atoms with Crippen molar-refractivity contribution in [2.75, 3.05) is 0 Å². The summed E-state index contributed by atoms with van der Waals surface area (Å²) in [6.07, 6.45) is 6.82. The molecule has 0 aliphatic heterocycles. The van der Waals surface area contributed by atoms with Crippen molar-refractivity contribution < 1.29 is 20.1 Å². The van der Waals surface area contributed by atoms with Crippen molar-refractivity contribution >= 4 is 5.97 Å². The van der Waals surface area contributed by atoms with Crippen LogP contribution in [-0.2, 0) is 11.2 Å². The molecule has 1 aromatic rings. The van der Waals surface area contributed by atoms with Crippen LogP contribution in [-0.4, -0.2) is 21.3 Å². The van der Waals surface area contributed by atoms with Crippen molar-refractivity contribution in [1.29, 1.82) is 0 Å². The van der Waals surface area contributed by atoms with Crippen LogP contribution in [0, 0.1) is 5.92 Å². The highest BCUT2D eigenvalue weighted by molar-refractivity contribution is 5.87. The van der Waals surface area contributed by atoms with Gasteiger partial charge < -0.3 is 15.3 Å². The number of aromatic hydroxyl groups is 2. The number of phenols is 2. The second-order valence-corrected chi connectivity index (χ2v) is 7.02. The van der Waals surface area contributed by atoms with Gasteiger partial charge in [0.2, 0.25) is 0 Å². The van der Waals surface area contributed by atoms with Gasteiger partial charge in [-0.25, -0.2) is 4.79 Å². The minimum absolute atomic E-state index is 0.00541. The molecule has 0 aromatic heterocycles. The minimum atomic E-state index is -0.944. The summed E-state index contributed by atoms with van der Waals surface area (Å²) in [4.78, 5) is 11.4. The number of aryl methyl sites for hydroxylation is 1. The van der Waals surface area contributed by atoms with Crippen LogP contribution in [0.3, 0.4) is 0 Å². The number of hydrogen-bond donors (Lipinski definition) is 3. The van der Waals surface area contributed by atoms with E-state index in [9.17, 15) is 20.1 Å². The number of allylic oxidation sites excluding steroid dienone is 2. The van der Waals surface area contributed by atoms with Crippen molar-refractivity contribution in [2.45, 2.75) is 58.3 Å². The van der Waals surface area contributed by atoms with E-state index in [0.717, 1.165) is 36.8 Å². The molecule has 136 valence electrons. The number of benzene rings is 1. The Bertz CT molecular complexity index is 664. The van der Waals surface area contributed by atoms with E-state index < -0.39 is 5.97 Å². The molecule has 0 heterocycles. The number of carboxylic acid groups (broad SMARTS) is 1. The second-order valence-electron chi connectivity index (χ2n) is 7.02. The van der Waals surface area contributed by atoms with Gasteiger partial charge in [-0.2, -0.15) is 0 Å². The van der Waals surface area contributed by atoms with Crippen LogP contribution in [0.5, 0.6) is 11.5 Å². The molecule has 1 aliphatic carbocycles. The van der Waals surface area contributed by atoms with E-state index in [-0.39, 0.29) is 23.3 Å². The Hall–Kier alpha value is -2.23. The molecule has 0 saturated heterocycles. The predicted octanol–water partition coefficient (Wildman–Crippen LogP) is 4.91. The van der Waals surface area contributed by atoms with Gasteiger partial charge in [-0.05, 0) is 56.2 Å². The van der Waals surface area contributed by atoms with E-state index in [2.05, 4.69) is 13.5 Å². The molecule has 2 atom stereocenters. The van der Waals surface area contributed by atoms with Crippen molar-refractivity contribution in [2.24, 2.45) is 5.92 Å². The largest absolute Gasteiger partial charge is 0.507 e. The normalized spacial score (nSPS) is 20.2. The Balaban J connectivity index is 2.40. The number of carbonyl (C=O) groups is 1. The third kappa shape index (κ3) is 4.44. The van der Waals surface area contributed by atoms with Crippen LogP contribution in [0.4, 0.5) is 0 Å². The minimum Gasteiger partial charge on any atom is -0.507 e. The van der Waals surface area contributed by atoms with Crippen LogP contribution in [0.15, 0.2) is 35.9 Å². The molecule has 0 bridgehead atoms. The standard InChI is InChI=1S/C21H28O4/c1-4-5-6-7-14-10-18(22)20(19(23)11-14)17-12-15(21(24)25)8-9-16(17)13(2)3/h10-12,16-17,22-23H,2,4-9H2,1,3H3,(H,24,25)/t16-,17+/m0/s1. The number of hydrogen-bond acceptors (Lipinski definition) is 3. The Morgan fingerprint density at radius 2 is 1.88 bits per heavy atom. The van der Waals surface area contributed by atoms with Crippen LogP contribution >= 0.6 is 0 Å². The summed E-state index contributed by atoms with van der Waals surface area (Å²) in [7, 11) is 0. The van der Waals surface area contributed by atoms with Crippen molar-refractivity contribution in [1.82, 2.24) is 0 Å². The number of unbranched alkanes of at least 4 members (excludes halogenated alkanes) is 2. The van der Waals surface area contributed by atoms with Crippen LogP contribution in [0.2, 0.25) is 0 Å². The molecule has 0 radical (unpaired) electrons. The number of aliphatic carboxylic acids is 1. The van der Waals surface area contributed by atoms with Crippen LogP contribution in [0.25, 0.3) is 0 Å². The van der Waals surface area contributed by atoms with Gasteiger partial charge in [0.25, 0.3) is 0 Å². The molecule has 0 fully saturated rings. The van der Waals surface area contributed by atoms with Gasteiger partial charge in [-0.15, -0.1) is 0 Å². The molecule has 0 amide bonds. The molecular formula is C21H28O4. The Morgan fingerprint density at radius 3 is 2.40 bits per heavy atom. The highest BCUT2D eigenvalue weighted by Crippen LogP contribution is 2.46. The summed E-state index contributed by atoms with van der Waals surface area (Å²) in [5, 5.41) is 30.4. The van der Waals surface area contributed by atoms with Crippen LogP contribution in [0.1, 0.15) is 63.0 Å². The van der Waals surface area contributed by atoms with E-state index in [0.29, 0.717) is 24.0 Å². The molecule has 0 spiro atoms. The number of phenolic OH excluding ortho intramolecular Hbond substituents is 2. The lowest BCUT2D eigenvalue weighted by Crippen LogP contribution is -2.20. The first kappa shape index (κ1) is 19.1. The first-order valence-corrected chi connectivity index (χ1v) is 8.99. The molecule has 1 aliphatic rings. The maximum Gasteiger partial charge on any atom is 0.331 e. The third-order valence-corrected chi connectivity index (χ3v) is 5.05. The zero-order valence-corrected chi connectivity index (χ0v) is 15.1. The number of carboxylic acids is 1. The average molecular weight is 344 g/mol. The fourth-order valence-electron chi connectivity index (χ4n) is 3.67. The van der Waals surface area contributed by atoms with Gasteiger partial charge >= 0.3 is 5.97 Å². The fourth-order valence-corrected chi connectivity index (χ4v) is 3.67. The topological polar surface area (TPSA) is 77.8 Å². The summed E-state index contributed by atoms with van der Waals surface area (Å²) in [5.74, 6) is -1.25. The second kappa shape index (κ2) is 8.24. The molecular weight excluding hydrogens is 316 g/mol. The Kier molecular flexibility index (Phi) is 6.29. The zero-order chi connectivity index (χ0) is 18.6. The lowest BCUT2D eigenvalue weighted by molar-refractivity contribution is -0.133. The van der Waals surface area contributed by atoms with Crippen LogP contribution < -0.4 is 0 Å². The first-order chi connectivity index (χ1) is 11.8. The molecule has 4 nitrogen and oxygen atoms in total. The fraction of sp³-hybridized carbons (Fsp3) is 0.476. The van der Waals surface area contributed by atoms with E-state index in [1.807, 2.05) is 6.92 Å². The quantitative estimate of drug-likeness (QED) is 0.485. The molecule has 0 unspecified atom stereocenters. The van der Waals surface area contributed by atoms with Crippen molar-refractivity contribution in [3.8, 4) is 11.5 Å². The number of rotatable bonds is 7. The molecule has 1 aromatic carbocycles. The smallest absolute Gasteiger partial charge is 0.331 e. The van der Waals surface area contributed by atoms with Crippen molar-refractivity contribution in [3.05, 3.63) is 47.1 Å². The molecule has 3 N–H and O–H groups in total. The molecule has 4 heteroatoms. The predicted molar refractivity (Wildman–Crippen MR) is 99.0 cm³/mol. The zero-order valence-electron chi connectivity index (χ0n) is 15.1. The summed E-state index contributed by atoms with van der Waals surface area (Å²) in [5.41, 5.74) is 2.56.